The molecule has 1 aliphatic rings. The van der Waals surface area contributed by atoms with Crippen LogP contribution in [0.3, 0.4) is 0 Å². The standard InChI is InChI=1S/C26H22F8O/c1-2-3-14-4-5-15-10-18(23(30)25(32)21(15)22(14)29)13-6-8-16(9-7-13)26(33,34)35-17-11-19(27)24(31)20(28)12-17/h4-5,10-13,16H,2-3,6-9H2,1H3. The van der Waals surface area contributed by atoms with Gasteiger partial charge in [-0.15, -0.1) is 0 Å². The van der Waals surface area contributed by atoms with Gasteiger partial charge in [-0.2, -0.15) is 8.78 Å². The van der Waals surface area contributed by atoms with Crippen LogP contribution in [0, 0.1) is 40.8 Å². The SMILES string of the molecule is CCCc1ccc2cc(C3CCC(C(F)(F)Oc4cc(F)c(F)c(F)c4)CC3)c(F)c(F)c2c1F. The molecule has 0 aromatic heterocycles. The lowest BCUT2D eigenvalue weighted by atomic mass is 9.77. The van der Waals surface area contributed by atoms with Gasteiger partial charge < -0.3 is 4.74 Å². The Labute approximate surface area is 196 Å². The van der Waals surface area contributed by atoms with Crippen LogP contribution >= 0.6 is 0 Å². The molecule has 0 amide bonds. The maximum Gasteiger partial charge on any atom is 0.400 e. The van der Waals surface area contributed by atoms with Crippen molar-refractivity contribution in [2.75, 3.05) is 0 Å². The smallest absolute Gasteiger partial charge is 0.400 e. The molecule has 0 saturated heterocycles. The zero-order valence-corrected chi connectivity index (χ0v) is 18.7. The first-order valence-electron chi connectivity index (χ1n) is 11.3. The second kappa shape index (κ2) is 9.66. The first-order valence-corrected chi connectivity index (χ1v) is 11.3. The predicted octanol–water partition coefficient (Wildman–Crippen LogP) is 8.57. The Balaban J connectivity index is 1.52. The van der Waals surface area contributed by atoms with E-state index in [9.17, 15) is 35.1 Å². The first-order chi connectivity index (χ1) is 16.5. The minimum atomic E-state index is -3.83. The molecule has 35 heavy (non-hydrogen) atoms. The molecular formula is C26H22F8O. The maximum absolute atomic E-state index is 14.9. The van der Waals surface area contributed by atoms with E-state index in [4.69, 9.17) is 0 Å². The number of halogens is 8. The zero-order chi connectivity index (χ0) is 25.5. The quantitative estimate of drug-likeness (QED) is 0.242. The molecule has 0 unspecified atom stereocenters. The molecule has 1 aliphatic carbocycles. The van der Waals surface area contributed by atoms with Crippen LogP contribution in [0.15, 0.2) is 30.3 Å². The van der Waals surface area contributed by atoms with Crippen LogP contribution in [0.5, 0.6) is 5.75 Å². The number of alkyl halides is 2. The van der Waals surface area contributed by atoms with Crippen LogP contribution in [0.4, 0.5) is 35.1 Å². The minimum Gasteiger partial charge on any atom is -0.432 e. The number of rotatable bonds is 6. The second-order valence-corrected chi connectivity index (χ2v) is 8.89. The van der Waals surface area contributed by atoms with Gasteiger partial charge in [0.15, 0.2) is 29.1 Å². The van der Waals surface area contributed by atoms with Gasteiger partial charge in [0.2, 0.25) is 0 Å². The number of fused-ring (bicyclic) bond motifs is 1. The lowest BCUT2D eigenvalue weighted by molar-refractivity contribution is -0.222. The molecule has 188 valence electrons. The predicted molar refractivity (Wildman–Crippen MR) is 114 cm³/mol. The lowest BCUT2D eigenvalue weighted by Gasteiger charge is -2.33. The zero-order valence-electron chi connectivity index (χ0n) is 18.7. The van der Waals surface area contributed by atoms with Crippen molar-refractivity contribution in [3.05, 3.63) is 76.4 Å². The molecule has 0 spiro atoms. The van der Waals surface area contributed by atoms with Gasteiger partial charge in [0.05, 0.1) is 11.3 Å². The highest BCUT2D eigenvalue weighted by Gasteiger charge is 2.44. The summed E-state index contributed by atoms with van der Waals surface area (Å²) in [6, 6.07) is 5.06. The van der Waals surface area contributed by atoms with E-state index < -0.39 is 64.0 Å². The van der Waals surface area contributed by atoms with Crippen molar-refractivity contribution >= 4 is 10.8 Å². The molecule has 0 aliphatic heterocycles. The highest BCUT2D eigenvalue weighted by atomic mass is 19.3. The number of ether oxygens (including phenoxy) is 1. The molecule has 3 aromatic rings. The molecule has 9 heteroatoms. The molecule has 1 nitrogen and oxygen atoms in total. The fourth-order valence-electron chi connectivity index (χ4n) is 4.78. The molecule has 3 aromatic carbocycles. The third-order valence-electron chi connectivity index (χ3n) is 6.60. The van der Waals surface area contributed by atoms with Crippen molar-refractivity contribution in [3.8, 4) is 5.75 Å². The molecule has 0 bridgehead atoms. The van der Waals surface area contributed by atoms with Gasteiger partial charge in [0, 0.05) is 12.1 Å². The number of benzene rings is 3. The Morgan fingerprint density at radius 3 is 2.03 bits per heavy atom. The van der Waals surface area contributed by atoms with Crippen molar-refractivity contribution in [2.45, 2.75) is 57.5 Å². The summed E-state index contributed by atoms with van der Waals surface area (Å²) in [7, 11) is 0. The number of hydrogen-bond acceptors (Lipinski definition) is 1. The summed E-state index contributed by atoms with van der Waals surface area (Å²) in [4.78, 5) is 0. The van der Waals surface area contributed by atoms with E-state index in [1.54, 1.807) is 0 Å². The summed E-state index contributed by atoms with van der Waals surface area (Å²) in [5.74, 6) is -11.2. The third kappa shape index (κ3) is 4.82. The largest absolute Gasteiger partial charge is 0.432 e. The van der Waals surface area contributed by atoms with Crippen molar-refractivity contribution in [1.82, 2.24) is 0 Å². The molecular weight excluding hydrogens is 480 g/mol. The van der Waals surface area contributed by atoms with Crippen molar-refractivity contribution in [1.29, 1.82) is 0 Å². The average Bonchev–Trinajstić information content (AvgIpc) is 2.81. The summed E-state index contributed by atoms with van der Waals surface area (Å²) in [6.07, 6.45) is -2.98. The van der Waals surface area contributed by atoms with Crippen molar-refractivity contribution in [2.24, 2.45) is 5.92 Å². The van der Waals surface area contributed by atoms with Crippen molar-refractivity contribution in [3.63, 3.8) is 0 Å². The molecule has 1 saturated carbocycles. The van der Waals surface area contributed by atoms with E-state index in [1.165, 1.54) is 18.2 Å². The Bertz CT molecular complexity index is 1230. The van der Waals surface area contributed by atoms with E-state index in [0.29, 0.717) is 25.0 Å². The van der Waals surface area contributed by atoms with Gasteiger partial charge in [0.25, 0.3) is 0 Å². The van der Waals surface area contributed by atoms with Gasteiger partial charge in [-0.1, -0.05) is 25.5 Å². The monoisotopic (exact) mass is 502 g/mol. The lowest BCUT2D eigenvalue weighted by Crippen LogP contribution is -2.37. The fraction of sp³-hybridized carbons (Fsp3) is 0.385. The van der Waals surface area contributed by atoms with Crippen LogP contribution in [0.2, 0.25) is 0 Å². The van der Waals surface area contributed by atoms with Gasteiger partial charge in [0.1, 0.15) is 11.6 Å². The molecule has 0 atom stereocenters. The summed E-state index contributed by atoms with van der Waals surface area (Å²) in [5.41, 5.74) is 0.276. The molecule has 4 rings (SSSR count). The molecule has 0 heterocycles. The highest BCUT2D eigenvalue weighted by molar-refractivity contribution is 5.85. The van der Waals surface area contributed by atoms with E-state index >= 15 is 0 Å². The summed E-state index contributed by atoms with van der Waals surface area (Å²) < 4.78 is 118. The first kappa shape index (κ1) is 25.3. The Kier molecular flexibility index (Phi) is 6.97. The maximum atomic E-state index is 14.9. The van der Waals surface area contributed by atoms with Crippen LogP contribution in [0.1, 0.15) is 56.1 Å². The van der Waals surface area contributed by atoms with Crippen LogP contribution in [0.25, 0.3) is 10.8 Å². The van der Waals surface area contributed by atoms with E-state index in [2.05, 4.69) is 4.74 Å². The molecule has 0 N–H and O–H groups in total. The van der Waals surface area contributed by atoms with Crippen molar-refractivity contribution < 1.29 is 39.9 Å². The third-order valence-corrected chi connectivity index (χ3v) is 6.60. The van der Waals surface area contributed by atoms with E-state index in [1.807, 2.05) is 6.92 Å². The minimum absolute atomic E-state index is 0.0111. The highest BCUT2D eigenvalue weighted by Crippen LogP contribution is 2.45. The average molecular weight is 502 g/mol. The summed E-state index contributed by atoms with van der Waals surface area (Å²) >= 11 is 0. The molecule has 1 fully saturated rings. The van der Waals surface area contributed by atoms with Crippen LogP contribution in [-0.4, -0.2) is 6.11 Å². The van der Waals surface area contributed by atoms with Gasteiger partial charge in [-0.3, -0.25) is 0 Å². The van der Waals surface area contributed by atoms with Crippen LogP contribution in [-0.2, 0) is 6.42 Å². The fourth-order valence-corrected chi connectivity index (χ4v) is 4.78. The van der Waals surface area contributed by atoms with Gasteiger partial charge >= 0.3 is 6.11 Å². The summed E-state index contributed by atoms with van der Waals surface area (Å²) in [6.45, 7) is 1.84. The summed E-state index contributed by atoms with van der Waals surface area (Å²) in [5, 5.41) is -0.239. The number of hydrogen-bond donors (Lipinski definition) is 0. The van der Waals surface area contributed by atoms with Crippen LogP contribution < -0.4 is 4.74 Å². The topological polar surface area (TPSA) is 9.23 Å². The Hall–Kier alpha value is -2.84. The van der Waals surface area contributed by atoms with E-state index in [0.717, 1.165) is 0 Å². The van der Waals surface area contributed by atoms with Gasteiger partial charge in [-0.25, -0.2) is 26.3 Å². The van der Waals surface area contributed by atoms with E-state index in [-0.39, 0.29) is 42.2 Å². The number of aryl methyl sites for hydroxylation is 1. The Morgan fingerprint density at radius 2 is 1.43 bits per heavy atom. The second-order valence-electron chi connectivity index (χ2n) is 8.89. The normalized spacial score (nSPS) is 18.8. The molecule has 0 radical (unpaired) electrons. The Morgan fingerprint density at radius 1 is 0.800 bits per heavy atom. The van der Waals surface area contributed by atoms with Gasteiger partial charge in [-0.05, 0) is 60.6 Å².